The molecule has 13 heteroatoms. The Bertz CT molecular complexity index is 1930. The standard InChI is InChI=1S/C38H47ClFN7O4/c1-23-5-6-29-27(20-41-44-29)30(23)31-28(39)19-26-33(32(31)40)42-35(50-25-7-13-45(14-8-25)24-9-17-49-18-10-24)43-34(26)46-15-11-38(12-16-46)21-47(22-38)36(48)51-37(2,3)4/h5-6,19-20,24-25H,7-18,21-22H2,1-4H3,(H,41,44). The molecule has 11 nitrogen and oxygen atoms in total. The highest BCUT2D eigenvalue weighted by molar-refractivity contribution is 6.35. The first-order valence-corrected chi connectivity index (χ1v) is 18.7. The first-order chi connectivity index (χ1) is 24.5. The van der Waals surface area contributed by atoms with E-state index in [1.165, 1.54) is 0 Å². The number of aryl methyl sites for hydroxylation is 1. The molecular weight excluding hydrogens is 673 g/mol. The average Bonchev–Trinajstić information content (AvgIpc) is 3.57. The van der Waals surface area contributed by atoms with Gasteiger partial charge in [-0.3, -0.25) is 10.00 Å². The van der Waals surface area contributed by atoms with E-state index in [1.807, 2.05) is 39.8 Å². The van der Waals surface area contributed by atoms with E-state index in [-0.39, 0.29) is 34.2 Å². The summed E-state index contributed by atoms with van der Waals surface area (Å²) in [6.07, 6.45) is 6.95. The number of carbonyl (C=O) groups is 1. The van der Waals surface area contributed by atoms with Crippen molar-refractivity contribution < 1.29 is 23.4 Å². The topological polar surface area (TPSA) is 109 Å². The molecule has 272 valence electrons. The molecule has 0 bridgehead atoms. The first kappa shape index (κ1) is 34.4. The van der Waals surface area contributed by atoms with Crippen LogP contribution < -0.4 is 9.64 Å². The van der Waals surface area contributed by atoms with Gasteiger partial charge in [-0.15, -0.1) is 0 Å². The molecule has 0 atom stereocenters. The summed E-state index contributed by atoms with van der Waals surface area (Å²) < 4.78 is 34.8. The van der Waals surface area contributed by atoms with Crippen molar-refractivity contribution in [2.24, 2.45) is 5.41 Å². The molecule has 1 amide bonds. The molecule has 2 aromatic heterocycles. The number of nitrogens with one attached hydrogen (secondary N) is 1. The van der Waals surface area contributed by atoms with Crippen LogP contribution in [0.3, 0.4) is 0 Å². The number of rotatable bonds is 5. The van der Waals surface area contributed by atoms with E-state index < -0.39 is 11.4 Å². The highest BCUT2D eigenvalue weighted by atomic mass is 35.5. The molecule has 0 radical (unpaired) electrons. The average molecular weight is 720 g/mol. The smallest absolute Gasteiger partial charge is 0.410 e. The monoisotopic (exact) mass is 719 g/mol. The molecule has 4 saturated heterocycles. The Morgan fingerprint density at radius 1 is 1.02 bits per heavy atom. The second kappa shape index (κ2) is 13.3. The molecular formula is C38H47ClFN7O4. The molecule has 4 aromatic rings. The summed E-state index contributed by atoms with van der Waals surface area (Å²) in [6.45, 7) is 13.9. The number of H-pyrrole nitrogens is 1. The lowest BCUT2D eigenvalue weighted by Gasteiger charge is -2.53. The third-order valence-electron chi connectivity index (χ3n) is 11.2. The molecule has 51 heavy (non-hydrogen) atoms. The van der Waals surface area contributed by atoms with Crippen LogP contribution in [0.15, 0.2) is 24.4 Å². The molecule has 6 heterocycles. The molecule has 0 unspecified atom stereocenters. The summed E-state index contributed by atoms with van der Waals surface area (Å²) in [5, 5.41) is 8.84. The quantitative estimate of drug-likeness (QED) is 0.230. The molecule has 4 aliphatic heterocycles. The van der Waals surface area contributed by atoms with Gasteiger partial charge in [0.15, 0.2) is 5.82 Å². The highest BCUT2D eigenvalue weighted by Crippen LogP contribution is 2.45. The number of benzene rings is 2. The van der Waals surface area contributed by atoms with E-state index in [0.29, 0.717) is 54.6 Å². The molecule has 0 saturated carbocycles. The Labute approximate surface area is 302 Å². The number of ether oxygens (including phenoxy) is 3. The molecule has 0 aliphatic carbocycles. The fourth-order valence-corrected chi connectivity index (χ4v) is 8.71. The lowest BCUT2D eigenvalue weighted by atomic mass is 9.72. The molecule has 8 rings (SSSR count). The van der Waals surface area contributed by atoms with Crippen LogP contribution in [0.25, 0.3) is 32.9 Å². The number of fused-ring (bicyclic) bond motifs is 2. The summed E-state index contributed by atoms with van der Waals surface area (Å²) in [5.41, 5.74) is 2.36. The number of anilines is 1. The fraction of sp³-hybridized carbons (Fsp3) is 0.579. The normalized spacial score (nSPS) is 20.7. The predicted octanol–water partition coefficient (Wildman–Crippen LogP) is 7.13. The Morgan fingerprint density at radius 3 is 2.45 bits per heavy atom. The maximum atomic E-state index is 17.1. The van der Waals surface area contributed by atoms with Gasteiger partial charge in [0.25, 0.3) is 0 Å². The highest BCUT2D eigenvalue weighted by Gasteiger charge is 2.48. The number of carbonyl (C=O) groups excluding carboxylic acids is 1. The van der Waals surface area contributed by atoms with Gasteiger partial charge < -0.3 is 24.0 Å². The van der Waals surface area contributed by atoms with Crippen molar-refractivity contribution >= 4 is 45.3 Å². The van der Waals surface area contributed by atoms with Gasteiger partial charge in [0.1, 0.15) is 23.0 Å². The zero-order valence-corrected chi connectivity index (χ0v) is 30.7. The van der Waals surface area contributed by atoms with Gasteiger partial charge >= 0.3 is 12.1 Å². The van der Waals surface area contributed by atoms with Crippen LogP contribution in [0.4, 0.5) is 15.0 Å². The van der Waals surface area contributed by atoms with E-state index in [9.17, 15) is 4.79 Å². The van der Waals surface area contributed by atoms with Gasteiger partial charge in [0, 0.05) is 85.8 Å². The third-order valence-corrected chi connectivity index (χ3v) is 11.5. The van der Waals surface area contributed by atoms with E-state index >= 15 is 4.39 Å². The Kier molecular flexibility index (Phi) is 8.99. The lowest BCUT2D eigenvalue weighted by Crippen LogP contribution is -2.62. The number of piperidine rings is 2. The summed E-state index contributed by atoms with van der Waals surface area (Å²) >= 11 is 7.00. The largest absolute Gasteiger partial charge is 0.460 e. The number of hydrogen-bond donors (Lipinski definition) is 1. The third kappa shape index (κ3) is 6.70. The minimum absolute atomic E-state index is 0.0326. The molecule has 2 aromatic carbocycles. The van der Waals surface area contributed by atoms with Crippen LogP contribution in [-0.2, 0) is 9.47 Å². The SMILES string of the molecule is Cc1ccc2[nH]ncc2c1-c1c(Cl)cc2c(N3CCC4(CC3)CN(C(=O)OC(C)(C)C)C4)nc(OC3CCN(C4CCOCC4)CC3)nc2c1F. The molecule has 4 aliphatic rings. The van der Waals surface area contributed by atoms with Crippen LogP contribution >= 0.6 is 11.6 Å². The first-order valence-electron chi connectivity index (χ1n) is 18.3. The Hall–Kier alpha value is -3.74. The van der Waals surface area contributed by atoms with E-state index in [1.54, 1.807) is 17.2 Å². The van der Waals surface area contributed by atoms with E-state index in [4.69, 9.17) is 35.8 Å². The lowest BCUT2D eigenvalue weighted by molar-refractivity contribution is -0.0434. The fourth-order valence-electron chi connectivity index (χ4n) is 8.43. The summed E-state index contributed by atoms with van der Waals surface area (Å²) in [7, 11) is 0. The number of nitrogens with zero attached hydrogens (tertiary/aromatic N) is 6. The van der Waals surface area contributed by atoms with Crippen molar-refractivity contribution in [3.63, 3.8) is 0 Å². The van der Waals surface area contributed by atoms with E-state index in [2.05, 4.69) is 20.0 Å². The van der Waals surface area contributed by atoms with Crippen LogP contribution in [0.5, 0.6) is 6.01 Å². The van der Waals surface area contributed by atoms with Crippen molar-refractivity contribution in [2.75, 3.05) is 57.4 Å². The zero-order valence-electron chi connectivity index (χ0n) is 29.9. The number of halogens is 2. The van der Waals surface area contributed by atoms with Gasteiger partial charge in [-0.05, 0) is 83.9 Å². The van der Waals surface area contributed by atoms with Crippen LogP contribution in [-0.4, -0.2) is 106 Å². The zero-order chi connectivity index (χ0) is 35.5. The second-order valence-electron chi connectivity index (χ2n) is 15.9. The van der Waals surface area contributed by atoms with Crippen molar-refractivity contribution in [3.8, 4) is 17.1 Å². The predicted molar refractivity (Wildman–Crippen MR) is 195 cm³/mol. The maximum Gasteiger partial charge on any atom is 0.410 e. The van der Waals surface area contributed by atoms with Gasteiger partial charge in [-0.25, -0.2) is 9.18 Å². The van der Waals surface area contributed by atoms with Gasteiger partial charge in [-0.2, -0.15) is 15.1 Å². The van der Waals surface area contributed by atoms with Gasteiger partial charge in [-0.1, -0.05) is 17.7 Å². The number of hydrogen-bond acceptors (Lipinski definition) is 9. The minimum Gasteiger partial charge on any atom is -0.460 e. The van der Waals surface area contributed by atoms with Crippen molar-refractivity contribution in [1.82, 2.24) is 30.0 Å². The summed E-state index contributed by atoms with van der Waals surface area (Å²) in [4.78, 5) is 29.0. The van der Waals surface area contributed by atoms with Crippen LogP contribution in [0.2, 0.25) is 5.02 Å². The molecule has 1 spiro atoms. The maximum absolute atomic E-state index is 17.1. The van der Waals surface area contributed by atoms with Crippen molar-refractivity contribution in [3.05, 3.63) is 40.8 Å². The number of amides is 1. The number of aromatic nitrogens is 4. The van der Waals surface area contributed by atoms with Crippen molar-refractivity contribution in [1.29, 1.82) is 0 Å². The van der Waals surface area contributed by atoms with Gasteiger partial charge in [0.05, 0.1) is 16.7 Å². The summed E-state index contributed by atoms with van der Waals surface area (Å²) in [5.74, 6) is 0.121. The van der Waals surface area contributed by atoms with Crippen molar-refractivity contribution in [2.45, 2.75) is 84.0 Å². The summed E-state index contributed by atoms with van der Waals surface area (Å²) in [6, 6.07) is 6.42. The van der Waals surface area contributed by atoms with Crippen LogP contribution in [0, 0.1) is 18.2 Å². The number of likely N-dealkylation sites (tertiary alicyclic amines) is 2. The minimum atomic E-state index is -0.529. The molecule has 4 fully saturated rings. The second-order valence-corrected chi connectivity index (χ2v) is 16.3. The Balaban J connectivity index is 1.09. The Morgan fingerprint density at radius 2 is 1.75 bits per heavy atom. The number of aromatic amines is 1. The van der Waals surface area contributed by atoms with Crippen LogP contribution in [0.1, 0.15) is 64.9 Å². The van der Waals surface area contributed by atoms with Gasteiger partial charge in [0.2, 0.25) is 0 Å². The molecule has 1 N–H and O–H groups in total. The van der Waals surface area contributed by atoms with E-state index in [0.717, 1.165) is 81.3 Å².